The molecule has 124 valence electrons. The highest BCUT2D eigenvalue weighted by Crippen LogP contribution is 2.47. The maximum absolute atomic E-state index is 12.1. The molecule has 0 saturated carbocycles. The van der Waals surface area contributed by atoms with Gasteiger partial charge in [-0.25, -0.2) is 4.79 Å². The van der Waals surface area contributed by atoms with Gasteiger partial charge in [-0.3, -0.25) is 4.79 Å². The molecule has 2 N–H and O–H groups in total. The number of nitrogens with two attached hydrogens (primary N) is 1. The Kier molecular flexibility index (Phi) is 3.80. The highest BCUT2D eigenvalue weighted by molar-refractivity contribution is 9.10. The lowest BCUT2D eigenvalue weighted by Crippen LogP contribution is -2.50. The van der Waals surface area contributed by atoms with Crippen molar-refractivity contribution in [3.63, 3.8) is 0 Å². The summed E-state index contributed by atoms with van der Waals surface area (Å²) in [6.07, 6.45) is 0.158. The molecule has 0 radical (unpaired) electrons. The molecule has 1 fully saturated rings. The van der Waals surface area contributed by atoms with E-state index in [1.807, 2.05) is 18.2 Å². The summed E-state index contributed by atoms with van der Waals surface area (Å²) in [5, 5.41) is 0. The number of ether oxygens (including phenoxy) is 1. The van der Waals surface area contributed by atoms with E-state index in [1.54, 1.807) is 11.8 Å². The number of carbonyl (C=O) groups excluding carboxylic acids is 2. The van der Waals surface area contributed by atoms with E-state index in [9.17, 15) is 9.59 Å². The summed E-state index contributed by atoms with van der Waals surface area (Å²) < 4.78 is 22.2. The number of para-hydroxylation sites is 1. The van der Waals surface area contributed by atoms with E-state index < -0.39 is 12.4 Å². The van der Waals surface area contributed by atoms with Gasteiger partial charge in [0.05, 0.1) is 21.5 Å². The smallest absolute Gasteiger partial charge is 0.409 e. The van der Waals surface area contributed by atoms with E-state index in [2.05, 4.69) is 15.9 Å². The van der Waals surface area contributed by atoms with Crippen molar-refractivity contribution < 1.29 is 17.1 Å². The summed E-state index contributed by atoms with van der Waals surface area (Å²) >= 11 is 3.47. The van der Waals surface area contributed by atoms with Gasteiger partial charge in [0.15, 0.2) is 0 Å². The minimum absolute atomic E-state index is 0.111. The van der Waals surface area contributed by atoms with E-state index in [-0.39, 0.29) is 18.1 Å². The quantitative estimate of drug-likeness (QED) is 0.866. The lowest BCUT2D eigenvalue weighted by Gasteiger charge is -2.38. The fourth-order valence-corrected chi connectivity index (χ4v) is 4.02. The minimum atomic E-state index is -2.32. The van der Waals surface area contributed by atoms with Crippen molar-refractivity contribution in [2.45, 2.75) is 25.3 Å². The third-order valence-electron chi connectivity index (χ3n) is 4.32. The molecular formula is C16H20BrN3O3. The SMILES string of the molecule is [2H]C([2H])(C(N)=O)N1c2c(Br)cccc2[C@@H]2CN(C(=O)OCC)CC[C@@H]21. The Bertz CT molecular complexity index is 716. The summed E-state index contributed by atoms with van der Waals surface area (Å²) in [6, 6.07) is 5.33. The molecule has 2 heterocycles. The van der Waals surface area contributed by atoms with Gasteiger partial charge in [0, 0.05) is 29.5 Å². The Labute approximate surface area is 146 Å². The van der Waals surface area contributed by atoms with E-state index in [4.69, 9.17) is 13.2 Å². The zero-order valence-electron chi connectivity index (χ0n) is 14.8. The van der Waals surface area contributed by atoms with Crippen LogP contribution in [0.5, 0.6) is 0 Å². The second-order valence-electron chi connectivity index (χ2n) is 5.63. The largest absolute Gasteiger partial charge is 0.450 e. The number of rotatable bonds is 3. The van der Waals surface area contributed by atoms with Crippen molar-refractivity contribution in [3.05, 3.63) is 28.2 Å². The third kappa shape index (κ3) is 2.89. The Morgan fingerprint density at radius 2 is 2.30 bits per heavy atom. The summed E-state index contributed by atoms with van der Waals surface area (Å²) in [5.74, 6) is -1.14. The molecule has 0 aliphatic carbocycles. The van der Waals surface area contributed by atoms with Crippen LogP contribution in [0.2, 0.25) is 0 Å². The topological polar surface area (TPSA) is 75.9 Å². The predicted molar refractivity (Wildman–Crippen MR) is 90.4 cm³/mol. The Hall–Kier alpha value is -1.76. The Balaban J connectivity index is 2.01. The van der Waals surface area contributed by atoms with Crippen molar-refractivity contribution in [1.82, 2.24) is 4.90 Å². The molecule has 1 aromatic rings. The van der Waals surface area contributed by atoms with E-state index in [0.717, 1.165) is 5.56 Å². The molecule has 2 aliphatic rings. The summed E-state index contributed by atoms with van der Waals surface area (Å²) in [4.78, 5) is 27.0. The van der Waals surface area contributed by atoms with Gasteiger partial charge in [-0.15, -0.1) is 0 Å². The first-order chi connectivity index (χ1) is 11.8. The second-order valence-corrected chi connectivity index (χ2v) is 6.49. The van der Waals surface area contributed by atoms with Gasteiger partial charge in [0.25, 0.3) is 0 Å². The third-order valence-corrected chi connectivity index (χ3v) is 4.96. The van der Waals surface area contributed by atoms with Crippen molar-refractivity contribution in [2.75, 3.05) is 31.1 Å². The fourth-order valence-electron chi connectivity index (χ4n) is 3.44. The second kappa shape index (κ2) is 6.39. The van der Waals surface area contributed by atoms with Gasteiger partial charge in [0.1, 0.15) is 0 Å². The first kappa shape index (κ1) is 13.7. The monoisotopic (exact) mass is 383 g/mol. The van der Waals surface area contributed by atoms with Crippen molar-refractivity contribution >= 4 is 33.6 Å². The summed E-state index contributed by atoms with van der Waals surface area (Å²) in [6.45, 7) is 0.608. The fraction of sp³-hybridized carbons (Fsp3) is 0.500. The Morgan fingerprint density at radius 1 is 1.52 bits per heavy atom. The lowest BCUT2D eigenvalue weighted by molar-refractivity contribution is -0.116. The number of nitrogens with zero attached hydrogens (tertiary/aromatic N) is 2. The van der Waals surface area contributed by atoms with Crippen LogP contribution in [0.15, 0.2) is 22.7 Å². The molecule has 2 amide bonds. The number of fused-ring (bicyclic) bond motifs is 3. The van der Waals surface area contributed by atoms with Crippen LogP contribution in [0.3, 0.4) is 0 Å². The van der Waals surface area contributed by atoms with Gasteiger partial charge in [-0.1, -0.05) is 12.1 Å². The number of piperidine rings is 1. The molecular weight excluding hydrogens is 362 g/mol. The van der Waals surface area contributed by atoms with Crippen LogP contribution in [0.25, 0.3) is 0 Å². The van der Waals surface area contributed by atoms with Crippen LogP contribution in [0.1, 0.15) is 27.6 Å². The maximum atomic E-state index is 12.1. The van der Waals surface area contributed by atoms with Crippen LogP contribution in [-0.4, -0.2) is 49.1 Å². The first-order valence-corrected chi connectivity index (χ1v) is 8.37. The molecule has 1 saturated heterocycles. The average molecular weight is 384 g/mol. The van der Waals surface area contributed by atoms with Gasteiger partial charge < -0.3 is 20.3 Å². The Morgan fingerprint density at radius 3 is 3.00 bits per heavy atom. The summed E-state index contributed by atoms with van der Waals surface area (Å²) in [7, 11) is 0. The predicted octanol–water partition coefficient (Wildman–Crippen LogP) is 2.07. The molecule has 1 aromatic carbocycles. The minimum Gasteiger partial charge on any atom is -0.450 e. The molecule has 2 atom stereocenters. The molecule has 3 rings (SSSR count). The van der Waals surface area contributed by atoms with Crippen LogP contribution in [0, 0.1) is 0 Å². The number of likely N-dealkylation sites (tertiary alicyclic amines) is 1. The highest BCUT2D eigenvalue weighted by atomic mass is 79.9. The van der Waals surface area contributed by atoms with E-state index >= 15 is 0 Å². The first-order valence-electron chi connectivity index (χ1n) is 8.58. The molecule has 0 spiro atoms. The number of hydrogen-bond donors (Lipinski definition) is 1. The molecule has 0 aromatic heterocycles. The maximum Gasteiger partial charge on any atom is 0.409 e. The van der Waals surface area contributed by atoms with Gasteiger partial charge in [-0.05, 0) is 40.9 Å². The van der Waals surface area contributed by atoms with Crippen LogP contribution in [0.4, 0.5) is 10.5 Å². The number of primary amides is 1. The highest BCUT2D eigenvalue weighted by Gasteiger charge is 2.44. The molecule has 0 bridgehead atoms. The molecule has 6 nitrogen and oxygen atoms in total. The molecule has 2 aliphatic heterocycles. The standard InChI is InChI=1S/C16H20BrN3O3/c1-2-23-16(22)19-7-6-13-11(8-19)10-4-3-5-12(17)15(10)20(13)9-14(18)21/h3-5,11,13H,2,6-9H2,1H3,(H2,18,21)/t11-,13-/m0/s1/i9D2. The van der Waals surface area contributed by atoms with E-state index in [1.165, 1.54) is 4.90 Å². The van der Waals surface area contributed by atoms with Crippen LogP contribution in [-0.2, 0) is 9.53 Å². The molecule has 23 heavy (non-hydrogen) atoms. The van der Waals surface area contributed by atoms with Crippen molar-refractivity contribution in [3.8, 4) is 0 Å². The van der Waals surface area contributed by atoms with E-state index in [0.29, 0.717) is 36.3 Å². The number of amides is 2. The average Bonchev–Trinajstić information content (AvgIpc) is 2.90. The van der Waals surface area contributed by atoms with Crippen molar-refractivity contribution in [1.29, 1.82) is 0 Å². The number of anilines is 1. The lowest BCUT2D eigenvalue weighted by atomic mass is 9.89. The summed E-state index contributed by atoms with van der Waals surface area (Å²) in [5.41, 5.74) is 6.87. The van der Waals surface area contributed by atoms with Gasteiger partial charge >= 0.3 is 6.09 Å². The number of halogens is 1. The van der Waals surface area contributed by atoms with Gasteiger partial charge in [0.2, 0.25) is 5.91 Å². The molecule has 0 unspecified atom stereocenters. The van der Waals surface area contributed by atoms with Crippen LogP contribution >= 0.6 is 15.9 Å². The van der Waals surface area contributed by atoms with Crippen molar-refractivity contribution in [2.24, 2.45) is 5.73 Å². The van der Waals surface area contributed by atoms with Crippen LogP contribution < -0.4 is 10.6 Å². The zero-order chi connectivity index (χ0) is 18.4. The number of hydrogen-bond acceptors (Lipinski definition) is 4. The normalized spacial score (nSPS) is 24.4. The molecule has 7 heteroatoms. The number of carbonyl (C=O) groups is 2. The number of benzene rings is 1. The van der Waals surface area contributed by atoms with Gasteiger partial charge in [-0.2, -0.15) is 0 Å². The zero-order valence-corrected chi connectivity index (χ0v) is 14.4.